The number of likely N-dealkylation sites (tertiary alicyclic amines) is 1. The van der Waals surface area contributed by atoms with Crippen molar-refractivity contribution in [2.75, 3.05) is 13.6 Å². The number of aliphatic hydroxyl groups is 1. The second-order valence-corrected chi connectivity index (χ2v) is 6.96. The van der Waals surface area contributed by atoms with Crippen molar-refractivity contribution in [3.05, 3.63) is 35.6 Å². The van der Waals surface area contributed by atoms with E-state index < -0.39 is 17.6 Å². The highest BCUT2D eigenvalue weighted by atomic mass is 19.1. The van der Waals surface area contributed by atoms with Crippen LogP contribution in [0.4, 0.5) is 4.39 Å². The van der Waals surface area contributed by atoms with Crippen LogP contribution in [0.2, 0.25) is 0 Å². The zero-order valence-electron chi connectivity index (χ0n) is 13.8. The Kier molecular flexibility index (Phi) is 4.58. The van der Waals surface area contributed by atoms with Gasteiger partial charge in [-0.3, -0.25) is 9.59 Å². The summed E-state index contributed by atoms with van der Waals surface area (Å²) in [6.07, 6.45) is 3.45. The van der Waals surface area contributed by atoms with Gasteiger partial charge in [-0.25, -0.2) is 4.39 Å². The molecule has 2 amide bonds. The SMILES string of the molecule is CN1C(=O)CC(C(=O)NCC2(O)CCCC2)C1c1ccc(F)cc1. The molecule has 2 N–H and O–H groups in total. The second kappa shape index (κ2) is 6.51. The first-order chi connectivity index (χ1) is 11.4. The summed E-state index contributed by atoms with van der Waals surface area (Å²) in [7, 11) is 1.66. The summed E-state index contributed by atoms with van der Waals surface area (Å²) in [4.78, 5) is 26.2. The second-order valence-electron chi connectivity index (χ2n) is 6.96. The van der Waals surface area contributed by atoms with Gasteiger partial charge in [-0.05, 0) is 30.5 Å². The quantitative estimate of drug-likeness (QED) is 0.882. The van der Waals surface area contributed by atoms with Gasteiger partial charge in [0.2, 0.25) is 11.8 Å². The number of rotatable bonds is 4. The Hall–Kier alpha value is -1.95. The molecule has 2 unspecified atom stereocenters. The monoisotopic (exact) mass is 334 g/mol. The van der Waals surface area contributed by atoms with Gasteiger partial charge in [0.05, 0.1) is 17.6 Å². The zero-order valence-corrected chi connectivity index (χ0v) is 13.8. The minimum atomic E-state index is -0.824. The first-order valence-electron chi connectivity index (χ1n) is 8.41. The van der Waals surface area contributed by atoms with E-state index in [9.17, 15) is 19.1 Å². The molecule has 0 spiro atoms. The van der Waals surface area contributed by atoms with Crippen molar-refractivity contribution in [2.24, 2.45) is 5.92 Å². The van der Waals surface area contributed by atoms with Gasteiger partial charge in [-0.2, -0.15) is 0 Å². The lowest BCUT2D eigenvalue weighted by molar-refractivity contribution is -0.128. The van der Waals surface area contributed by atoms with E-state index in [1.807, 2.05) is 0 Å². The molecule has 1 saturated heterocycles. The highest BCUT2D eigenvalue weighted by Gasteiger charge is 2.43. The molecule has 3 rings (SSSR count). The molecule has 6 heteroatoms. The van der Waals surface area contributed by atoms with Crippen LogP contribution >= 0.6 is 0 Å². The number of nitrogens with zero attached hydrogens (tertiary/aromatic N) is 1. The van der Waals surface area contributed by atoms with Crippen LogP contribution in [0.25, 0.3) is 0 Å². The topological polar surface area (TPSA) is 69.6 Å². The maximum absolute atomic E-state index is 13.2. The Morgan fingerprint density at radius 3 is 2.58 bits per heavy atom. The molecule has 130 valence electrons. The number of halogens is 1. The summed E-state index contributed by atoms with van der Waals surface area (Å²) in [6, 6.07) is 5.49. The van der Waals surface area contributed by atoms with E-state index >= 15 is 0 Å². The Morgan fingerprint density at radius 2 is 1.96 bits per heavy atom. The summed E-state index contributed by atoms with van der Waals surface area (Å²) in [5.41, 5.74) is -0.0836. The molecule has 1 aromatic rings. The molecule has 24 heavy (non-hydrogen) atoms. The molecule has 0 radical (unpaired) electrons. The third-order valence-electron chi connectivity index (χ3n) is 5.26. The van der Waals surface area contributed by atoms with Crippen LogP contribution in [0, 0.1) is 11.7 Å². The number of benzene rings is 1. The number of hydrogen-bond acceptors (Lipinski definition) is 3. The number of carbonyl (C=O) groups is 2. The third-order valence-corrected chi connectivity index (χ3v) is 5.26. The first-order valence-corrected chi connectivity index (χ1v) is 8.41. The molecule has 1 aliphatic carbocycles. The molecule has 2 aliphatic rings. The minimum absolute atomic E-state index is 0.107. The van der Waals surface area contributed by atoms with Crippen molar-refractivity contribution < 1.29 is 19.1 Å². The number of amides is 2. The van der Waals surface area contributed by atoms with Gasteiger partial charge >= 0.3 is 0 Å². The lowest BCUT2D eigenvalue weighted by atomic mass is 9.92. The fourth-order valence-corrected chi connectivity index (χ4v) is 3.81. The summed E-state index contributed by atoms with van der Waals surface area (Å²) >= 11 is 0. The Bertz CT molecular complexity index is 626. The largest absolute Gasteiger partial charge is 0.388 e. The molecule has 0 bridgehead atoms. The van der Waals surface area contributed by atoms with Crippen molar-refractivity contribution in [3.63, 3.8) is 0 Å². The Balaban J connectivity index is 1.73. The molecule has 1 aliphatic heterocycles. The van der Waals surface area contributed by atoms with E-state index in [1.165, 1.54) is 12.1 Å². The van der Waals surface area contributed by atoms with Crippen molar-refractivity contribution in [1.82, 2.24) is 10.2 Å². The fraction of sp³-hybridized carbons (Fsp3) is 0.556. The van der Waals surface area contributed by atoms with Crippen molar-refractivity contribution in [1.29, 1.82) is 0 Å². The highest BCUT2D eigenvalue weighted by Crippen LogP contribution is 2.37. The van der Waals surface area contributed by atoms with Gasteiger partial charge in [-0.15, -0.1) is 0 Å². The molecule has 2 atom stereocenters. The summed E-state index contributed by atoms with van der Waals surface area (Å²) in [6.45, 7) is 0.219. The normalized spacial score (nSPS) is 26.0. The molecular weight excluding hydrogens is 311 g/mol. The van der Waals surface area contributed by atoms with Gasteiger partial charge in [-0.1, -0.05) is 25.0 Å². The van der Waals surface area contributed by atoms with Crippen LogP contribution in [0.1, 0.15) is 43.7 Å². The maximum atomic E-state index is 13.2. The number of nitrogens with one attached hydrogen (secondary N) is 1. The summed E-state index contributed by atoms with van der Waals surface area (Å²) in [5, 5.41) is 13.2. The van der Waals surface area contributed by atoms with E-state index in [0.717, 1.165) is 18.4 Å². The number of hydrogen-bond donors (Lipinski definition) is 2. The van der Waals surface area contributed by atoms with Crippen LogP contribution in [0.3, 0.4) is 0 Å². The van der Waals surface area contributed by atoms with Gasteiger partial charge in [0.1, 0.15) is 5.82 Å². The summed E-state index contributed by atoms with van der Waals surface area (Å²) in [5.74, 6) is -1.22. The Labute approximate surface area is 140 Å². The molecule has 2 fully saturated rings. The van der Waals surface area contributed by atoms with Gasteiger partial charge in [0.25, 0.3) is 0 Å². The average Bonchev–Trinajstić information content (AvgIpc) is 3.12. The maximum Gasteiger partial charge on any atom is 0.226 e. The smallest absolute Gasteiger partial charge is 0.226 e. The van der Waals surface area contributed by atoms with E-state index in [2.05, 4.69) is 5.32 Å². The van der Waals surface area contributed by atoms with Crippen LogP contribution < -0.4 is 5.32 Å². The summed E-state index contributed by atoms with van der Waals surface area (Å²) < 4.78 is 13.2. The highest BCUT2D eigenvalue weighted by molar-refractivity contribution is 5.90. The fourth-order valence-electron chi connectivity index (χ4n) is 3.81. The van der Waals surface area contributed by atoms with E-state index in [0.29, 0.717) is 12.8 Å². The molecule has 0 aromatic heterocycles. The predicted octanol–water partition coefficient (Wildman–Crippen LogP) is 1.77. The molecule has 1 saturated carbocycles. The van der Waals surface area contributed by atoms with Crippen molar-refractivity contribution in [2.45, 2.75) is 43.7 Å². The van der Waals surface area contributed by atoms with Crippen LogP contribution in [0.5, 0.6) is 0 Å². The lowest BCUT2D eigenvalue weighted by Gasteiger charge is -2.27. The van der Waals surface area contributed by atoms with Gasteiger partial charge < -0.3 is 15.3 Å². The van der Waals surface area contributed by atoms with Crippen LogP contribution in [0.15, 0.2) is 24.3 Å². The van der Waals surface area contributed by atoms with E-state index in [-0.39, 0.29) is 30.6 Å². The van der Waals surface area contributed by atoms with Crippen molar-refractivity contribution in [3.8, 4) is 0 Å². The molecule has 1 aromatic carbocycles. The molecular formula is C18H23FN2O3. The zero-order chi connectivity index (χ0) is 17.3. The minimum Gasteiger partial charge on any atom is -0.388 e. The standard InChI is InChI=1S/C18H23FN2O3/c1-21-15(22)10-14(16(21)12-4-6-13(19)7-5-12)17(23)20-11-18(24)8-2-3-9-18/h4-7,14,16,24H,2-3,8-11H2,1H3,(H,20,23). The average molecular weight is 334 g/mol. The Morgan fingerprint density at radius 1 is 1.33 bits per heavy atom. The number of carbonyl (C=O) groups excluding carboxylic acids is 2. The van der Waals surface area contributed by atoms with Crippen molar-refractivity contribution >= 4 is 11.8 Å². The van der Waals surface area contributed by atoms with E-state index in [4.69, 9.17) is 0 Å². The van der Waals surface area contributed by atoms with Gasteiger partial charge in [0.15, 0.2) is 0 Å². The van der Waals surface area contributed by atoms with Gasteiger partial charge in [0, 0.05) is 20.0 Å². The molecule has 1 heterocycles. The lowest BCUT2D eigenvalue weighted by Crippen LogP contribution is -2.43. The first kappa shape index (κ1) is 16.9. The predicted molar refractivity (Wildman–Crippen MR) is 86.4 cm³/mol. The van der Waals surface area contributed by atoms with E-state index in [1.54, 1.807) is 24.1 Å². The van der Waals surface area contributed by atoms with Crippen LogP contribution in [-0.4, -0.2) is 41.0 Å². The molecule has 5 nitrogen and oxygen atoms in total. The van der Waals surface area contributed by atoms with Crippen LogP contribution in [-0.2, 0) is 9.59 Å². The third kappa shape index (κ3) is 3.29.